The Bertz CT molecular complexity index is 413. The summed E-state index contributed by atoms with van der Waals surface area (Å²) in [5.74, 6) is -2.21. The Morgan fingerprint density at radius 3 is 2.73 bits per heavy atom. The van der Waals surface area contributed by atoms with Crippen LogP contribution in [0.25, 0.3) is 6.08 Å². The Kier molecular flexibility index (Phi) is 3.55. The van der Waals surface area contributed by atoms with Crippen molar-refractivity contribution in [3.8, 4) is 0 Å². The first-order valence-corrected chi connectivity index (χ1v) is 4.42. The third kappa shape index (κ3) is 2.87. The van der Waals surface area contributed by atoms with Crippen LogP contribution in [0.15, 0.2) is 18.2 Å². The van der Waals surface area contributed by atoms with E-state index >= 15 is 0 Å². The lowest BCUT2D eigenvalue weighted by Crippen LogP contribution is -2.07. The number of carbonyl (C=O) groups excluding carboxylic acids is 1. The minimum absolute atomic E-state index is 0.0818. The van der Waals surface area contributed by atoms with Gasteiger partial charge in [0.2, 0.25) is 5.91 Å². The number of hydrogen-bond acceptors (Lipinski definition) is 1. The molecule has 1 amide bonds. The van der Waals surface area contributed by atoms with Crippen LogP contribution in [-0.2, 0) is 4.79 Å². The molecular weight excluding hydrogens is 200 g/mol. The molecule has 0 aliphatic carbocycles. The van der Waals surface area contributed by atoms with E-state index in [0.717, 1.165) is 6.07 Å². The molecule has 15 heavy (non-hydrogen) atoms. The molecule has 0 radical (unpaired) electrons. The van der Waals surface area contributed by atoms with Gasteiger partial charge in [-0.15, -0.1) is 0 Å². The molecule has 0 saturated carbocycles. The molecule has 0 bridgehead atoms. The molecule has 1 aromatic carbocycles. The number of primary amides is 1. The predicted molar refractivity (Wildman–Crippen MR) is 53.9 cm³/mol. The van der Waals surface area contributed by atoms with E-state index in [2.05, 4.69) is 0 Å². The lowest BCUT2D eigenvalue weighted by molar-refractivity contribution is -0.117. The summed E-state index contributed by atoms with van der Waals surface area (Å²) in [6.07, 6.45) is 3.14. The first-order valence-electron chi connectivity index (χ1n) is 4.42. The topological polar surface area (TPSA) is 43.1 Å². The summed E-state index contributed by atoms with van der Waals surface area (Å²) < 4.78 is 25.8. The molecular formula is C11H11F2NO. The van der Waals surface area contributed by atoms with Gasteiger partial charge in [-0.2, -0.15) is 0 Å². The van der Waals surface area contributed by atoms with Gasteiger partial charge in [0.25, 0.3) is 0 Å². The summed E-state index contributed by atoms with van der Waals surface area (Å²) in [5, 5.41) is 0. The maximum absolute atomic E-state index is 13.1. The number of benzene rings is 1. The summed E-state index contributed by atoms with van der Waals surface area (Å²) in [4.78, 5) is 10.4. The van der Waals surface area contributed by atoms with Crippen LogP contribution >= 0.6 is 0 Å². The highest BCUT2D eigenvalue weighted by atomic mass is 19.2. The fraction of sp³-hybridized carbons (Fsp3) is 0.182. The van der Waals surface area contributed by atoms with Crippen LogP contribution < -0.4 is 5.73 Å². The molecule has 1 aromatic rings. The van der Waals surface area contributed by atoms with Crippen molar-refractivity contribution < 1.29 is 13.6 Å². The zero-order valence-electron chi connectivity index (χ0n) is 8.26. The third-order valence-electron chi connectivity index (χ3n) is 2.00. The number of hydrogen-bond donors (Lipinski definition) is 1. The highest BCUT2D eigenvalue weighted by Gasteiger charge is 2.06. The molecule has 2 nitrogen and oxygen atoms in total. The Labute approximate surface area is 86.4 Å². The van der Waals surface area contributed by atoms with E-state index in [4.69, 9.17) is 5.73 Å². The van der Waals surface area contributed by atoms with Crippen molar-refractivity contribution in [1.82, 2.24) is 0 Å². The normalized spacial score (nSPS) is 10.9. The lowest BCUT2D eigenvalue weighted by Gasteiger charge is -2.02. The Balaban J connectivity index is 2.92. The molecule has 1 rings (SSSR count). The summed E-state index contributed by atoms with van der Waals surface area (Å²) in [7, 11) is 0. The fourth-order valence-corrected chi connectivity index (χ4v) is 1.15. The Morgan fingerprint density at radius 2 is 2.13 bits per heavy atom. The van der Waals surface area contributed by atoms with Gasteiger partial charge >= 0.3 is 0 Å². The van der Waals surface area contributed by atoms with Gasteiger partial charge in [-0.05, 0) is 24.1 Å². The van der Waals surface area contributed by atoms with Crippen molar-refractivity contribution in [2.24, 2.45) is 5.73 Å². The van der Waals surface area contributed by atoms with E-state index in [-0.39, 0.29) is 12.0 Å². The van der Waals surface area contributed by atoms with Crippen LogP contribution in [0.1, 0.15) is 17.5 Å². The highest BCUT2D eigenvalue weighted by molar-refractivity contribution is 5.76. The van der Waals surface area contributed by atoms with Crippen molar-refractivity contribution in [2.45, 2.75) is 13.3 Å². The van der Waals surface area contributed by atoms with Crippen LogP contribution in [0.4, 0.5) is 8.78 Å². The number of carbonyl (C=O) groups is 1. The standard InChI is InChI=1S/C11H11F2NO/c1-7-8(3-2-4-10(14)15)5-6-9(12)11(7)13/h2-3,5-6H,4H2,1H3,(H2,14,15). The number of halogens is 2. The molecule has 0 saturated heterocycles. The van der Waals surface area contributed by atoms with E-state index in [1.165, 1.54) is 19.1 Å². The van der Waals surface area contributed by atoms with Gasteiger partial charge < -0.3 is 5.73 Å². The zero-order chi connectivity index (χ0) is 11.4. The van der Waals surface area contributed by atoms with Crippen molar-refractivity contribution in [3.05, 3.63) is 41.0 Å². The first kappa shape index (κ1) is 11.4. The van der Waals surface area contributed by atoms with Crippen LogP contribution in [-0.4, -0.2) is 5.91 Å². The van der Waals surface area contributed by atoms with Gasteiger partial charge in [0, 0.05) is 6.42 Å². The van der Waals surface area contributed by atoms with E-state index in [0.29, 0.717) is 5.56 Å². The minimum atomic E-state index is -0.875. The van der Waals surface area contributed by atoms with Gasteiger partial charge in [0.1, 0.15) is 0 Å². The first-order chi connectivity index (χ1) is 7.02. The van der Waals surface area contributed by atoms with Gasteiger partial charge in [-0.1, -0.05) is 18.2 Å². The van der Waals surface area contributed by atoms with E-state index in [1.807, 2.05) is 0 Å². The summed E-state index contributed by atoms with van der Waals surface area (Å²) >= 11 is 0. The molecule has 0 spiro atoms. The van der Waals surface area contributed by atoms with Crippen LogP contribution in [0, 0.1) is 18.6 Å². The molecule has 0 fully saturated rings. The second-order valence-corrected chi connectivity index (χ2v) is 3.15. The van der Waals surface area contributed by atoms with Crippen molar-refractivity contribution in [1.29, 1.82) is 0 Å². The molecule has 0 aromatic heterocycles. The van der Waals surface area contributed by atoms with Gasteiger partial charge in [-0.25, -0.2) is 8.78 Å². The summed E-state index contributed by atoms with van der Waals surface area (Å²) in [6.45, 7) is 1.47. The average molecular weight is 211 g/mol. The molecule has 0 aliphatic rings. The Morgan fingerprint density at radius 1 is 1.47 bits per heavy atom. The summed E-state index contributed by atoms with van der Waals surface area (Å²) in [6, 6.07) is 2.50. The largest absolute Gasteiger partial charge is 0.369 e. The van der Waals surface area contributed by atoms with Gasteiger partial charge in [0.15, 0.2) is 11.6 Å². The average Bonchev–Trinajstić information content (AvgIpc) is 2.18. The van der Waals surface area contributed by atoms with Crippen LogP contribution in [0.5, 0.6) is 0 Å². The number of nitrogens with two attached hydrogens (primary N) is 1. The smallest absolute Gasteiger partial charge is 0.221 e. The highest BCUT2D eigenvalue weighted by Crippen LogP contribution is 2.17. The van der Waals surface area contributed by atoms with E-state index < -0.39 is 17.5 Å². The molecule has 4 heteroatoms. The second-order valence-electron chi connectivity index (χ2n) is 3.15. The number of rotatable bonds is 3. The maximum atomic E-state index is 13.1. The van der Waals surface area contributed by atoms with E-state index in [9.17, 15) is 13.6 Å². The summed E-state index contributed by atoms with van der Waals surface area (Å²) in [5.41, 5.74) is 5.68. The van der Waals surface area contributed by atoms with Crippen LogP contribution in [0.3, 0.4) is 0 Å². The van der Waals surface area contributed by atoms with Crippen molar-refractivity contribution >= 4 is 12.0 Å². The van der Waals surface area contributed by atoms with E-state index in [1.54, 1.807) is 6.08 Å². The Hall–Kier alpha value is -1.71. The van der Waals surface area contributed by atoms with Gasteiger partial charge in [-0.3, -0.25) is 4.79 Å². The van der Waals surface area contributed by atoms with Crippen LogP contribution in [0.2, 0.25) is 0 Å². The lowest BCUT2D eigenvalue weighted by atomic mass is 10.1. The molecule has 0 unspecified atom stereocenters. The van der Waals surface area contributed by atoms with Gasteiger partial charge in [0.05, 0.1) is 0 Å². The van der Waals surface area contributed by atoms with Crippen molar-refractivity contribution in [3.63, 3.8) is 0 Å². The maximum Gasteiger partial charge on any atom is 0.221 e. The number of amides is 1. The molecule has 0 heterocycles. The molecule has 0 aliphatic heterocycles. The zero-order valence-corrected chi connectivity index (χ0v) is 8.26. The molecule has 0 atom stereocenters. The monoisotopic (exact) mass is 211 g/mol. The third-order valence-corrected chi connectivity index (χ3v) is 2.00. The molecule has 2 N–H and O–H groups in total. The predicted octanol–water partition coefficient (Wildman–Crippen LogP) is 2.16. The minimum Gasteiger partial charge on any atom is -0.369 e. The second kappa shape index (κ2) is 4.68. The van der Waals surface area contributed by atoms with Crippen molar-refractivity contribution in [2.75, 3.05) is 0 Å². The fourth-order valence-electron chi connectivity index (χ4n) is 1.15. The SMILES string of the molecule is Cc1c(C=CCC(N)=O)ccc(F)c1F. The molecule has 80 valence electrons. The quantitative estimate of drug-likeness (QED) is 0.817.